The Morgan fingerprint density at radius 1 is 1.06 bits per heavy atom. The molecule has 10 heteroatoms. The molecule has 4 rings (SSSR count). The highest BCUT2D eigenvalue weighted by Gasteiger charge is 2.35. The molecule has 0 N–H and O–H groups in total. The summed E-state index contributed by atoms with van der Waals surface area (Å²) in [6, 6.07) is 13.7. The van der Waals surface area contributed by atoms with Gasteiger partial charge in [-0.15, -0.1) is 0 Å². The van der Waals surface area contributed by atoms with Gasteiger partial charge < -0.3 is 9.64 Å². The number of rotatable bonds is 4. The monoisotopic (exact) mass is 491 g/mol. The Morgan fingerprint density at radius 2 is 1.71 bits per heavy atom. The Hall–Kier alpha value is -3.33. The SMILES string of the molecule is COC(=O)C1CCN(C(=O)c2ccc(-c3cc(C(F)(F)F)nn3-c3ccccc3Cl)cc2)CC1. The van der Waals surface area contributed by atoms with Gasteiger partial charge in [-0.25, -0.2) is 4.68 Å². The van der Waals surface area contributed by atoms with E-state index in [0.29, 0.717) is 42.7 Å². The summed E-state index contributed by atoms with van der Waals surface area (Å²) in [7, 11) is 1.34. The van der Waals surface area contributed by atoms with Crippen LogP contribution in [0.4, 0.5) is 13.2 Å². The summed E-state index contributed by atoms with van der Waals surface area (Å²) in [5, 5.41) is 4.00. The van der Waals surface area contributed by atoms with Gasteiger partial charge in [0.1, 0.15) is 0 Å². The Labute approximate surface area is 198 Å². The number of aromatic nitrogens is 2. The van der Waals surface area contributed by atoms with Crippen molar-refractivity contribution in [1.29, 1.82) is 0 Å². The number of likely N-dealkylation sites (tertiary alicyclic amines) is 1. The van der Waals surface area contributed by atoms with E-state index in [1.54, 1.807) is 53.4 Å². The fraction of sp³-hybridized carbons (Fsp3) is 0.292. The van der Waals surface area contributed by atoms with Crippen LogP contribution in [0, 0.1) is 5.92 Å². The average molecular weight is 492 g/mol. The van der Waals surface area contributed by atoms with E-state index >= 15 is 0 Å². The number of ether oxygens (including phenoxy) is 1. The van der Waals surface area contributed by atoms with Crippen LogP contribution in [-0.2, 0) is 15.7 Å². The Balaban J connectivity index is 1.60. The fourth-order valence-electron chi connectivity index (χ4n) is 3.98. The van der Waals surface area contributed by atoms with E-state index in [9.17, 15) is 22.8 Å². The van der Waals surface area contributed by atoms with Crippen LogP contribution in [0.25, 0.3) is 16.9 Å². The number of piperidine rings is 1. The molecule has 1 amide bonds. The molecule has 0 spiro atoms. The quantitative estimate of drug-likeness (QED) is 0.468. The number of hydrogen-bond acceptors (Lipinski definition) is 4. The summed E-state index contributed by atoms with van der Waals surface area (Å²) in [5.74, 6) is -0.695. The van der Waals surface area contributed by atoms with E-state index in [2.05, 4.69) is 5.10 Å². The van der Waals surface area contributed by atoms with E-state index in [4.69, 9.17) is 16.3 Å². The number of amides is 1. The van der Waals surface area contributed by atoms with Gasteiger partial charge in [0, 0.05) is 24.2 Å². The summed E-state index contributed by atoms with van der Waals surface area (Å²) in [5.41, 5.74) is 0.307. The molecule has 6 nitrogen and oxygen atoms in total. The van der Waals surface area contributed by atoms with Gasteiger partial charge in [0.25, 0.3) is 5.91 Å². The van der Waals surface area contributed by atoms with Gasteiger partial charge in [-0.3, -0.25) is 9.59 Å². The van der Waals surface area contributed by atoms with Gasteiger partial charge in [0.2, 0.25) is 0 Å². The molecule has 0 radical (unpaired) electrons. The molecule has 0 bridgehead atoms. The number of carbonyl (C=O) groups excluding carboxylic acids is 2. The standard InChI is InChI=1S/C24H21ClF3N3O3/c1-34-23(33)17-10-12-30(13-11-17)22(32)16-8-6-15(7-9-16)20-14-21(24(26,27)28)29-31(20)19-5-3-2-4-18(19)25/h2-9,14,17H,10-13H2,1H3. The van der Waals surface area contributed by atoms with Crippen LogP contribution in [0.15, 0.2) is 54.6 Å². The summed E-state index contributed by atoms with van der Waals surface area (Å²) in [6.07, 6.45) is -3.59. The predicted molar refractivity (Wildman–Crippen MR) is 120 cm³/mol. The van der Waals surface area contributed by atoms with Gasteiger partial charge >= 0.3 is 12.1 Å². The number of para-hydroxylation sites is 1. The molecule has 0 saturated carbocycles. The molecular formula is C24H21ClF3N3O3. The van der Waals surface area contributed by atoms with E-state index in [1.807, 2.05) is 0 Å². The number of hydrogen-bond donors (Lipinski definition) is 0. The molecule has 3 aromatic rings. The first-order valence-corrected chi connectivity index (χ1v) is 11.0. The maximum Gasteiger partial charge on any atom is 0.435 e. The van der Waals surface area contributed by atoms with Gasteiger partial charge in [-0.05, 0) is 43.2 Å². The molecule has 2 heterocycles. The average Bonchev–Trinajstić information content (AvgIpc) is 3.29. The van der Waals surface area contributed by atoms with Gasteiger partial charge in [0.15, 0.2) is 5.69 Å². The smallest absolute Gasteiger partial charge is 0.435 e. The summed E-state index contributed by atoms with van der Waals surface area (Å²) < 4.78 is 46.1. The highest BCUT2D eigenvalue weighted by Crippen LogP contribution is 2.34. The molecule has 34 heavy (non-hydrogen) atoms. The van der Waals surface area contributed by atoms with Crippen LogP contribution >= 0.6 is 11.6 Å². The zero-order valence-electron chi connectivity index (χ0n) is 18.2. The summed E-state index contributed by atoms with van der Waals surface area (Å²) in [6.45, 7) is 0.850. The van der Waals surface area contributed by atoms with Crippen LogP contribution in [-0.4, -0.2) is 46.8 Å². The lowest BCUT2D eigenvalue weighted by atomic mass is 9.96. The number of halogens is 4. The molecule has 2 aromatic carbocycles. The fourth-order valence-corrected chi connectivity index (χ4v) is 4.20. The van der Waals surface area contributed by atoms with Crippen LogP contribution in [0.5, 0.6) is 0 Å². The Kier molecular flexibility index (Phi) is 6.65. The molecule has 178 valence electrons. The van der Waals surface area contributed by atoms with Crippen molar-refractivity contribution in [3.05, 3.63) is 70.9 Å². The van der Waals surface area contributed by atoms with Crippen LogP contribution in [0.3, 0.4) is 0 Å². The Morgan fingerprint density at radius 3 is 2.29 bits per heavy atom. The first-order chi connectivity index (χ1) is 16.2. The Bertz CT molecular complexity index is 1200. The predicted octanol–water partition coefficient (Wildman–Crippen LogP) is 5.24. The minimum Gasteiger partial charge on any atom is -0.469 e. The lowest BCUT2D eigenvalue weighted by Gasteiger charge is -2.30. The molecule has 1 aliphatic heterocycles. The van der Waals surface area contributed by atoms with Crippen molar-refractivity contribution in [2.75, 3.05) is 20.2 Å². The molecular weight excluding hydrogens is 471 g/mol. The molecule has 0 atom stereocenters. The van der Waals surface area contributed by atoms with Crippen LogP contribution in [0.1, 0.15) is 28.9 Å². The minimum absolute atomic E-state index is 0.193. The zero-order valence-corrected chi connectivity index (χ0v) is 18.9. The first-order valence-electron chi connectivity index (χ1n) is 10.6. The van der Waals surface area contributed by atoms with Gasteiger partial charge in [0.05, 0.1) is 29.4 Å². The summed E-state index contributed by atoms with van der Waals surface area (Å²) >= 11 is 6.21. The van der Waals surface area contributed by atoms with Crippen molar-refractivity contribution in [1.82, 2.24) is 14.7 Å². The lowest BCUT2D eigenvalue weighted by Crippen LogP contribution is -2.40. The van der Waals surface area contributed by atoms with Crippen molar-refractivity contribution in [3.63, 3.8) is 0 Å². The number of benzene rings is 2. The minimum atomic E-state index is -4.63. The van der Waals surface area contributed by atoms with E-state index in [-0.39, 0.29) is 28.5 Å². The van der Waals surface area contributed by atoms with Gasteiger partial charge in [-0.1, -0.05) is 35.9 Å². The molecule has 1 saturated heterocycles. The molecule has 1 aliphatic rings. The van der Waals surface area contributed by atoms with Crippen LogP contribution in [0.2, 0.25) is 5.02 Å². The third kappa shape index (κ3) is 4.79. The van der Waals surface area contributed by atoms with Crippen molar-refractivity contribution >= 4 is 23.5 Å². The van der Waals surface area contributed by atoms with Gasteiger partial charge in [-0.2, -0.15) is 18.3 Å². The van der Waals surface area contributed by atoms with Crippen molar-refractivity contribution in [2.45, 2.75) is 19.0 Å². The second-order valence-corrected chi connectivity index (χ2v) is 8.35. The van der Waals surface area contributed by atoms with E-state index in [1.165, 1.54) is 7.11 Å². The molecule has 0 unspecified atom stereocenters. The summed E-state index contributed by atoms with van der Waals surface area (Å²) in [4.78, 5) is 26.2. The zero-order chi connectivity index (χ0) is 24.5. The second-order valence-electron chi connectivity index (χ2n) is 7.94. The second kappa shape index (κ2) is 9.50. The third-order valence-corrected chi connectivity index (χ3v) is 6.14. The van der Waals surface area contributed by atoms with Crippen molar-refractivity contribution in [3.8, 4) is 16.9 Å². The highest BCUT2D eigenvalue weighted by molar-refractivity contribution is 6.32. The number of nitrogens with zero attached hydrogens (tertiary/aromatic N) is 3. The topological polar surface area (TPSA) is 64.4 Å². The first kappa shape index (κ1) is 23.8. The molecule has 1 aromatic heterocycles. The maximum absolute atomic E-state index is 13.4. The number of alkyl halides is 3. The normalized spacial score (nSPS) is 14.8. The largest absolute Gasteiger partial charge is 0.469 e. The lowest BCUT2D eigenvalue weighted by molar-refractivity contribution is -0.147. The number of carbonyl (C=O) groups is 2. The van der Waals surface area contributed by atoms with E-state index in [0.717, 1.165) is 10.7 Å². The molecule has 1 fully saturated rings. The molecule has 0 aliphatic carbocycles. The number of methoxy groups -OCH3 is 1. The number of esters is 1. The van der Waals surface area contributed by atoms with E-state index < -0.39 is 11.9 Å². The third-order valence-electron chi connectivity index (χ3n) is 5.82. The van der Waals surface area contributed by atoms with Crippen molar-refractivity contribution < 1.29 is 27.5 Å². The van der Waals surface area contributed by atoms with Crippen molar-refractivity contribution in [2.24, 2.45) is 5.92 Å². The maximum atomic E-state index is 13.4. The highest BCUT2D eigenvalue weighted by atomic mass is 35.5. The van der Waals surface area contributed by atoms with Crippen LogP contribution < -0.4 is 0 Å².